The fourth-order valence-corrected chi connectivity index (χ4v) is 7.71. The minimum absolute atomic E-state index is 0.0111. The van der Waals surface area contributed by atoms with Crippen molar-refractivity contribution in [1.82, 2.24) is 0 Å². The largest absolute Gasteiger partial charge is 0.300 e. The molecule has 5 rings (SSSR count). The zero-order chi connectivity index (χ0) is 14.5. The Hall–Kier alpha value is -0.660. The van der Waals surface area contributed by atoms with Gasteiger partial charge in [0, 0.05) is 24.7 Å². The second kappa shape index (κ2) is 3.63. The number of hydrogen-bond acceptors (Lipinski definition) is 2. The third-order valence-electron chi connectivity index (χ3n) is 8.78. The maximum absolute atomic E-state index is 12.4. The normalized spacial score (nSPS) is 58.0. The molecule has 0 radical (unpaired) electrons. The van der Waals surface area contributed by atoms with Crippen LogP contribution in [-0.2, 0) is 9.59 Å². The minimum Gasteiger partial charge on any atom is -0.300 e. The maximum atomic E-state index is 12.4. The van der Waals surface area contributed by atoms with E-state index < -0.39 is 0 Å². The SMILES string of the molecule is C[C@]12CC[C@H]3[C@H](CC[C@@]45CC(=O)CC[C@@]34C5)[C@@H]1CCC2=O. The van der Waals surface area contributed by atoms with Gasteiger partial charge in [0.05, 0.1) is 0 Å². The summed E-state index contributed by atoms with van der Waals surface area (Å²) in [4.78, 5) is 24.3. The summed E-state index contributed by atoms with van der Waals surface area (Å²) >= 11 is 0. The predicted molar refractivity (Wildman–Crippen MR) is 79.6 cm³/mol. The summed E-state index contributed by atoms with van der Waals surface area (Å²) < 4.78 is 0. The monoisotopic (exact) mass is 286 g/mol. The number of rotatable bonds is 0. The van der Waals surface area contributed by atoms with Gasteiger partial charge in [0.25, 0.3) is 0 Å². The van der Waals surface area contributed by atoms with Gasteiger partial charge in [-0.3, -0.25) is 9.59 Å². The lowest BCUT2D eigenvalue weighted by atomic mass is 9.50. The van der Waals surface area contributed by atoms with Crippen molar-refractivity contribution in [2.75, 3.05) is 0 Å². The highest BCUT2D eigenvalue weighted by molar-refractivity contribution is 5.87. The average Bonchev–Trinajstić information content (AvgIpc) is 3.05. The van der Waals surface area contributed by atoms with Crippen LogP contribution >= 0.6 is 0 Å². The van der Waals surface area contributed by atoms with Gasteiger partial charge in [0.2, 0.25) is 0 Å². The van der Waals surface area contributed by atoms with Gasteiger partial charge in [0.1, 0.15) is 11.6 Å². The van der Waals surface area contributed by atoms with E-state index in [1.165, 1.54) is 32.1 Å². The summed E-state index contributed by atoms with van der Waals surface area (Å²) in [5.41, 5.74) is 0.952. The van der Waals surface area contributed by atoms with Crippen molar-refractivity contribution in [1.29, 1.82) is 0 Å². The summed E-state index contributed by atoms with van der Waals surface area (Å²) in [6.07, 6.45) is 11.2. The Kier molecular flexibility index (Phi) is 2.22. The van der Waals surface area contributed by atoms with Crippen molar-refractivity contribution >= 4 is 11.6 Å². The molecule has 0 spiro atoms. The third-order valence-corrected chi connectivity index (χ3v) is 8.78. The molecule has 5 fully saturated rings. The predicted octanol–water partition coefficient (Wildman–Crippen LogP) is 3.92. The molecule has 0 aromatic carbocycles. The van der Waals surface area contributed by atoms with E-state index in [2.05, 4.69) is 6.92 Å². The van der Waals surface area contributed by atoms with Gasteiger partial charge in [-0.2, -0.15) is 0 Å². The second-order valence-electron chi connectivity index (χ2n) is 9.16. The molecule has 0 saturated heterocycles. The van der Waals surface area contributed by atoms with Crippen LogP contribution in [0.4, 0.5) is 0 Å². The van der Waals surface area contributed by atoms with E-state index in [9.17, 15) is 9.59 Å². The third kappa shape index (κ3) is 1.32. The van der Waals surface area contributed by atoms with Crippen LogP contribution in [0.25, 0.3) is 0 Å². The van der Waals surface area contributed by atoms with E-state index >= 15 is 0 Å². The van der Waals surface area contributed by atoms with E-state index in [0.717, 1.165) is 43.9 Å². The van der Waals surface area contributed by atoms with Crippen molar-refractivity contribution in [2.24, 2.45) is 34.0 Å². The summed E-state index contributed by atoms with van der Waals surface area (Å²) in [6, 6.07) is 0. The zero-order valence-corrected chi connectivity index (χ0v) is 13.1. The van der Waals surface area contributed by atoms with Crippen LogP contribution in [0.3, 0.4) is 0 Å². The first-order chi connectivity index (χ1) is 10.0. The van der Waals surface area contributed by atoms with E-state index in [1.807, 2.05) is 0 Å². The molecule has 5 saturated carbocycles. The van der Waals surface area contributed by atoms with E-state index in [-0.39, 0.29) is 5.41 Å². The number of fused-ring (bicyclic) bond motifs is 3. The molecule has 0 bridgehead atoms. The van der Waals surface area contributed by atoms with Gasteiger partial charge in [-0.15, -0.1) is 0 Å². The van der Waals surface area contributed by atoms with Gasteiger partial charge in [0.15, 0.2) is 0 Å². The van der Waals surface area contributed by atoms with Crippen LogP contribution in [0.1, 0.15) is 71.1 Å². The summed E-state index contributed by atoms with van der Waals surface area (Å²) in [6.45, 7) is 2.26. The highest BCUT2D eigenvalue weighted by Gasteiger charge is 2.75. The van der Waals surface area contributed by atoms with Crippen LogP contribution in [0.15, 0.2) is 0 Å². The molecule has 2 nitrogen and oxygen atoms in total. The van der Waals surface area contributed by atoms with E-state index in [1.54, 1.807) is 0 Å². The first kappa shape index (κ1) is 12.8. The van der Waals surface area contributed by atoms with Crippen LogP contribution < -0.4 is 0 Å². The molecule has 0 unspecified atom stereocenters. The Balaban J connectivity index is 1.50. The maximum Gasteiger partial charge on any atom is 0.139 e. The van der Waals surface area contributed by atoms with Gasteiger partial charge < -0.3 is 0 Å². The smallest absolute Gasteiger partial charge is 0.139 e. The Labute approximate surface area is 127 Å². The van der Waals surface area contributed by atoms with Crippen molar-refractivity contribution < 1.29 is 9.59 Å². The number of hydrogen-bond donors (Lipinski definition) is 0. The average molecular weight is 286 g/mol. The van der Waals surface area contributed by atoms with Gasteiger partial charge >= 0.3 is 0 Å². The fourth-order valence-electron chi connectivity index (χ4n) is 7.71. The summed E-state index contributed by atoms with van der Waals surface area (Å²) in [7, 11) is 0. The minimum atomic E-state index is 0.0111. The highest BCUT2D eigenvalue weighted by atomic mass is 16.1. The standard InChI is InChI=1S/C19H26O2/c1-17-7-6-15-13(14(17)2-3-16(17)21)5-8-18-10-12(20)4-9-19(15,18)11-18/h13-15H,2-11H2,1H3/t13-,14+,15+,17+,18+,19-/m1/s1. The molecule has 114 valence electrons. The van der Waals surface area contributed by atoms with Crippen LogP contribution in [0.5, 0.6) is 0 Å². The van der Waals surface area contributed by atoms with Crippen molar-refractivity contribution in [3.05, 3.63) is 0 Å². The quantitative estimate of drug-likeness (QED) is 0.676. The van der Waals surface area contributed by atoms with Gasteiger partial charge in [-0.1, -0.05) is 6.92 Å². The van der Waals surface area contributed by atoms with E-state index in [0.29, 0.717) is 28.3 Å². The number of ketones is 2. The first-order valence-electron chi connectivity index (χ1n) is 9.06. The molecule has 5 aliphatic carbocycles. The molecule has 5 aliphatic rings. The second-order valence-corrected chi connectivity index (χ2v) is 9.16. The zero-order valence-electron chi connectivity index (χ0n) is 13.1. The van der Waals surface area contributed by atoms with Crippen molar-refractivity contribution in [2.45, 2.75) is 71.1 Å². The fraction of sp³-hybridized carbons (Fsp3) is 0.895. The summed E-state index contributed by atoms with van der Waals surface area (Å²) in [5.74, 6) is 3.37. The molecule has 0 aromatic heterocycles. The molecule has 0 N–H and O–H groups in total. The van der Waals surface area contributed by atoms with Crippen LogP contribution in [0, 0.1) is 34.0 Å². The first-order valence-corrected chi connectivity index (χ1v) is 9.06. The van der Waals surface area contributed by atoms with Crippen LogP contribution in [0.2, 0.25) is 0 Å². The Morgan fingerprint density at radius 3 is 2.67 bits per heavy atom. The number of carbonyl (C=O) groups excluding carboxylic acids is 2. The molecule has 0 amide bonds. The summed E-state index contributed by atoms with van der Waals surface area (Å²) in [5, 5.41) is 0. The molecule has 6 atom stereocenters. The molecule has 0 heterocycles. The van der Waals surface area contributed by atoms with Gasteiger partial charge in [-0.25, -0.2) is 0 Å². The molecule has 21 heavy (non-hydrogen) atoms. The van der Waals surface area contributed by atoms with Crippen molar-refractivity contribution in [3.8, 4) is 0 Å². The Bertz CT molecular complexity index is 552. The van der Waals surface area contributed by atoms with Gasteiger partial charge in [-0.05, 0) is 73.5 Å². The Morgan fingerprint density at radius 2 is 1.81 bits per heavy atom. The molecule has 0 aliphatic heterocycles. The molecule has 0 aromatic rings. The lowest BCUT2D eigenvalue weighted by Crippen LogP contribution is -2.48. The lowest BCUT2D eigenvalue weighted by Gasteiger charge is -2.53. The lowest BCUT2D eigenvalue weighted by molar-refractivity contribution is -0.134. The van der Waals surface area contributed by atoms with Crippen molar-refractivity contribution in [3.63, 3.8) is 0 Å². The molecular weight excluding hydrogens is 260 g/mol. The molecular formula is C19H26O2. The highest BCUT2D eigenvalue weighted by Crippen LogP contribution is 2.82. The number of Topliss-reactive ketones (excluding diaryl/α,β-unsaturated/α-hetero) is 2. The topological polar surface area (TPSA) is 34.1 Å². The van der Waals surface area contributed by atoms with Crippen LogP contribution in [-0.4, -0.2) is 11.6 Å². The van der Waals surface area contributed by atoms with E-state index in [4.69, 9.17) is 0 Å². The molecule has 2 heteroatoms. The number of carbonyl (C=O) groups is 2. The Morgan fingerprint density at radius 1 is 0.952 bits per heavy atom.